The maximum atomic E-state index is 13.1. The van der Waals surface area contributed by atoms with Crippen LogP contribution in [0.3, 0.4) is 0 Å². The van der Waals surface area contributed by atoms with Crippen LogP contribution in [-0.4, -0.2) is 52.8 Å². The smallest absolute Gasteiger partial charge is 0.405 e. The van der Waals surface area contributed by atoms with Gasteiger partial charge in [0.2, 0.25) is 17.6 Å². The second-order valence-corrected chi connectivity index (χ2v) is 9.68. The van der Waals surface area contributed by atoms with E-state index < -0.39 is 53.6 Å². The fourth-order valence-electron chi connectivity index (χ4n) is 4.00. The van der Waals surface area contributed by atoms with Crippen LogP contribution < -0.4 is 21.7 Å². The van der Waals surface area contributed by atoms with Crippen molar-refractivity contribution in [2.75, 3.05) is 0 Å². The lowest BCUT2D eigenvalue weighted by Crippen LogP contribution is -2.57. The number of rotatable bonds is 13. The van der Waals surface area contributed by atoms with Gasteiger partial charge in [-0.2, -0.15) is 0 Å². The molecule has 0 heterocycles. The zero-order valence-electron chi connectivity index (χ0n) is 21.6. The van der Waals surface area contributed by atoms with Crippen molar-refractivity contribution in [1.82, 2.24) is 16.0 Å². The largest absolute Gasteiger partial charge is 0.465 e. The van der Waals surface area contributed by atoms with Crippen LogP contribution in [0, 0.1) is 11.8 Å². The fraction of sp³-hybridized carbons (Fsp3) is 0.444. The Morgan fingerprint density at radius 2 is 1.54 bits per heavy atom. The molecule has 0 aromatic heterocycles. The summed E-state index contributed by atoms with van der Waals surface area (Å²) in [6, 6.07) is 9.82. The van der Waals surface area contributed by atoms with Crippen molar-refractivity contribution in [2.45, 2.75) is 65.1 Å². The lowest BCUT2D eigenvalue weighted by molar-refractivity contribution is -0.142. The van der Waals surface area contributed by atoms with E-state index in [-0.39, 0.29) is 18.8 Å². The van der Waals surface area contributed by atoms with Gasteiger partial charge < -0.3 is 26.8 Å². The molecule has 0 bridgehead atoms. The maximum absolute atomic E-state index is 13.1. The third kappa shape index (κ3) is 8.59. The van der Waals surface area contributed by atoms with E-state index in [1.807, 2.05) is 56.3 Å². The molecule has 0 spiro atoms. The van der Waals surface area contributed by atoms with Crippen LogP contribution in [0.1, 0.15) is 46.1 Å². The van der Waals surface area contributed by atoms with Crippen molar-refractivity contribution in [3.05, 3.63) is 48.0 Å². The molecule has 0 saturated heterocycles. The molecule has 2 rings (SSSR count). The third-order valence-corrected chi connectivity index (χ3v) is 6.24. The molecule has 0 fully saturated rings. The van der Waals surface area contributed by atoms with Gasteiger partial charge in [-0.15, -0.1) is 0 Å². The Kier molecular flexibility index (Phi) is 10.6. The maximum Gasteiger partial charge on any atom is 0.405 e. The van der Waals surface area contributed by atoms with Gasteiger partial charge in [-0.25, -0.2) is 4.79 Å². The van der Waals surface area contributed by atoms with Gasteiger partial charge in [0, 0.05) is 6.42 Å². The van der Waals surface area contributed by atoms with Gasteiger partial charge in [-0.1, -0.05) is 76.6 Å². The Labute approximate surface area is 216 Å². The van der Waals surface area contributed by atoms with Crippen LogP contribution in [0.25, 0.3) is 10.8 Å². The molecule has 2 aromatic rings. The minimum Gasteiger partial charge on any atom is -0.465 e. The van der Waals surface area contributed by atoms with Gasteiger partial charge in [0.05, 0.1) is 6.04 Å². The summed E-state index contributed by atoms with van der Waals surface area (Å²) in [4.78, 5) is 62.1. The number of fused-ring (bicyclic) bond motifs is 1. The minimum absolute atomic E-state index is 0.00456. The SMILES string of the molecule is CC[C@H](C)C(NC(=O)[C@H](CC(C)C)NC(=O)O)C(=O)C(=O)N[C@@H](Cc1ccc2ccccc2c1)C(N)=O. The standard InChI is InChI=1S/C27H36N4O6/c1-5-16(4)22(31-25(34)21(12-15(2)3)30-27(36)37)23(32)26(35)29-20(24(28)33)14-17-10-11-18-8-6-7-9-19(18)13-17/h6-11,13,15-16,20-22,30H,5,12,14H2,1-4H3,(H2,28,33)(H,29,35)(H,31,34)(H,36,37)/t16-,20-,21-,22?/m0/s1. The Balaban J connectivity index is 2.18. The first kappa shape index (κ1) is 29.3. The molecule has 10 heteroatoms. The van der Waals surface area contributed by atoms with Crippen molar-refractivity contribution in [1.29, 1.82) is 0 Å². The summed E-state index contributed by atoms with van der Waals surface area (Å²) in [5.74, 6) is -3.94. The zero-order chi connectivity index (χ0) is 27.7. The number of benzene rings is 2. The molecule has 4 atom stereocenters. The van der Waals surface area contributed by atoms with Crippen LogP contribution in [-0.2, 0) is 25.6 Å². The highest BCUT2D eigenvalue weighted by molar-refractivity contribution is 6.39. The van der Waals surface area contributed by atoms with Crippen LogP contribution in [0.4, 0.5) is 4.79 Å². The average Bonchev–Trinajstić information content (AvgIpc) is 2.84. The van der Waals surface area contributed by atoms with Crippen molar-refractivity contribution in [3.63, 3.8) is 0 Å². The van der Waals surface area contributed by atoms with Crippen molar-refractivity contribution in [3.8, 4) is 0 Å². The quantitative estimate of drug-likeness (QED) is 0.258. The third-order valence-electron chi connectivity index (χ3n) is 6.24. The zero-order valence-corrected chi connectivity index (χ0v) is 21.6. The first-order valence-corrected chi connectivity index (χ1v) is 12.3. The molecular weight excluding hydrogens is 476 g/mol. The number of amides is 4. The van der Waals surface area contributed by atoms with Gasteiger partial charge in [0.1, 0.15) is 12.1 Å². The molecule has 0 aliphatic rings. The molecule has 6 N–H and O–H groups in total. The molecule has 0 radical (unpaired) electrons. The van der Waals surface area contributed by atoms with E-state index >= 15 is 0 Å². The second kappa shape index (κ2) is 13.4. The number of nitrogens with one attached hydrogen (secondary N) is 3. The molecule has 200 valence electrons. The summed E-state index contributed by atoms with van der Waals surface area (Å²) in [6.45, 7) is 7.14. The highest BCUT2D eigenvalue weighted by Crippen LogP contribution is 2.17. The Morgan fingerprint density at radius 3 is 2.11 bits per heavy atom. The highest BCUT2D eigenvalue weighted by atomic mass is 16.4. The molecule has 0 aliphatic heterocycles. The van der Waals surface area contributed by atoms with Crippen molar-refractivity contribution >= 4 is 40.4 Å². The first-order valence-electron chi connectivity index (χ1n) is 12.3. The molecule has 10 nitrogen and oxygen atoms in total. The van der Waals surface area contributed by atoms with Gasteiger partial charge in [0.15, 0.2) is 0 Å². The van der Waals surface area contributed by atoms with Gasteiger partial charge in [0.25, 0.3) is 5.91 Å². The number of Topliss-reactive ketones (excluding diaryl/α,β-unsaturated/α-hetero) is 1. The van der Waals surface area contributed by atoms with E-state index in [0.717, 1.165) is 16.3 Å². The first-order chi connectivity index (χ1) is 17.4. The predicted molar refractivity (Wildman–Crippen MR) is 140 cm³/mol. The van der Waals surface area contributed by atoms with Crippen LogP contribution in [0.15, 0.2) is 42.5 Å². The summed E-state index contributed by atoms with van der Waals surface area (Å²) in [5, 5.41) is 18.2. The van der Waals surface area contributed by atoms with E-state index in [0.29, 0.717) is 6.42 Å². The lowest BCUT2D eigenvalue weighted by atomic mass is 9.93. The molecule has 37 heavy (non-hydrogen) atoms. The monoisotopic (exact) mass is 512 g/mol. The number of carbonyl (C=O) groups excluding carboxylic acids is 4. The number of primary amides is 1. The van der Waals surface area contributed by atoms with Crippen LogP contribution in [0.2, 0.25) is 0 Å². The topological polar surface area (TPSA) is 168 Å². The molecular formula is C27H36N4O6. The number of nitrogens with two attached hydrogens (primary N) is 1. The fourth-order valence-corrected chi connectivity index (χ4v) is 4.00. The average molecular weight is 513 g/mol. The number of hydrogen-bond acceptors (Lipinski definition) is 5. The number of carbonyl (C=O) groups is 5. The summed E-state index contributed by atoms with van der Waals surface area (Å²) >= 11 is 0. The van der Waals surface area contributed by atoms with E-state index in [9.17, 15) is 24.0 Å². The van der Waals surface area contributed by atoms with Crippen LogP contribution >= 0.6 is 0 Å². The summed E-state index contributed by atoms with van der Waals surface area (Å²) in [6.07, 6.45) is -0.621. The molecule has 1 unspecified atom stereocenters. The Hall–Kier alpha value is -3.95. The van der Waals surface area contributed by atoms with E-state index in [2.05, 4.69) is 16.0 Å². The highest BCUT2D eigenvalue weighted by Gasteiger charge is 2.34. The molecule has 2 aromatic carbocycles. The molecule has 0 saturated carbocycles. The van der Waals surface area contributed by atoms with Gasteiger partial charge >= 0.3 is 6.09 Å². The molecule has 0 aliphatic carbocycles. The van der Waals surface area contributed by atoms with Crippen molar-refractivity contribution in [2.24, 2.45) is 17.6 Å². The Bertz CT molecular complexity index is 1150. The lowest BCUT2D eigenvalue weighted by Gasteiger charge is -2.26. The van der Waals surface area contributed by atoms with Gasteiger partial charge in [-0.05, 0) is 34.6 Å². The van der Waals surface area contributed by atoms with E-state index in [1.165, 1.54) is 0 Å². The summed E-state index contributed by atoms with van der Waals surface area (Å²) < 4.78 is 0. The number of hydrogen-bond donors (Lipinski definition) is 5. The number of ketones is 1. The van der Waals surface area contributed by atoms with E-state index in [1.54, 1.807) is 13.8 Å². The Morgan fingerprint density at radius 1 is 0.892 bits per heavy atom. The van der Waals surface area contributed by atoms with Crippen LogP contribution in [0.5, 0.6) is 0 Å². The predicted octanol–water partition coefficient (Wildman–Crippen LogP) is 2.13. The van der Waals surface area contributed by atoms with Gasteiger partial charge in [-0.3, -0.25) is 19.2 Å². The minimum atomic E-state index is -1.37. The molecule has 4 amide bonds. The summed E-state index contributed by atoms with van der Waals surface area (Å²) in [5.41, 5.74) is 6.27. The normalized spacial score (nSPS) is 14.3. The second-order valence-electron chi connectivity index (χ2n) is 9.68. The number of carboxylic acid groups (broad SMARTS) is 1. The summed E-state index contributed by atoms with van der Waals surface area (Å²) in [7, 11) is 0. The van der Waals surface area contributed by atoms with E-state index in [4.69, 9.17) is 10.8 Å². The van der Waals surface area contributed by atoms with Crippen molar-refractivity contribution < 1.29 is 29.1 Å².